The van der Waals surface area contributed by atoms with Crippen molar-refractivity contribution in [1.82, 2.24) is 15.0 Å². The van der Waals surface area contributed by atoms with Crippen LogP contribution in [0.5, 0.6) is 0 Å². The van der Waals surface area contributed by atoms with E-state index < -0.39 is 5.60 Å². The summed E-state index contributed by atoms with van der Waals surface area (Å²) in [6.45, 7) is 0.438. The van der Waals surface area contributed by atoms with E-state index in [2.05, 4.69) is 25.7 Å². The van der Waals surface area contributed by atoms with Crippen molar-refractivity contribution >= 4 is 17.8 Å². The fourth-order valence-corrected chi connectivity index (χ4v) is 2.34. The molecule has 8 heteroatoms. The van der Waals surface area contributed by atoms with E-state index in [4.69, 9.17) is 5.84 Å². The molecular formula is C12H23N7O. The smallest absolute Gasteiger partial charge is 0.243 e. The fraction of sp³-hybridized carbons (Fsp3) is 0.750. The third-order valence-electron chi connectivity index (χ3n) is 3.51. The quantitative estimate of drug-likeness (QED) is 0.451. The molecule has 1 aromatic heterocycles. The highest BCUT2D eigenvalue weighted by atomic mass is 16.3. The standard InChI is InChI=1S/C12H23N7O/c1-19(2)11-16-9(15-10(17-11)18-13)14-8-12(20)6-4-3-5-7-12/h20H,3-8,13H2,1-2H3,(H2,14,15,16,17,18). The summed E-state index contributed by atoms with van der Waals surface area (Å²) in [5, 5.41) is 13.5. The van der Waals surface area contributed by atoms with Gasteiger partial charge in [-0.25, -0.2) is 5.84 Å². The zero-order chi connectivity index (χ0) is 14.6. The van der Waals surface area contributed by atoms with E-state index in [1.807, 2.05) is 14.1 Å². The average Bonchev–Trinajstić information content (AvgIpc) is 2.45. The van der Waals surface area contributed by atoms with E-state index in [0.29, 0.717) is 24.4 Å². The van der Waals surface area contributed by atoms with Gasteiger partial charge in [0.15, 0.2) is 0 Å². The van der Waals surface area contributed by atoms with Gasteiger partial charge in [-0.2, -0.15) is 15.0 Å². The van der Waals surface area contributed by atoms with Gasteiger partial charge in [-0.1, -0.05) is 19.3 Å². The van der Waals surface area contributed by atoms with Crippen LogP contribution in [0.15, 0.2) is 0 Å². The van der Waals surface area contributed by atoms with Crippen molar-refractivity contribution in [2.24, 2.45) is 5.84 Å². The van der Waals surface area contributed by atoms with Crippen molar-refractivity contribution in [1.29, 1.82) is 0 Å². The summed E-state index contributed by atoms with van der Waals surface area (Å²) in [6, 6.07) is 0. The Morgan fingerprint density at radius 3 is 2.40 bits per heavy atom. The Bertz CT molecular complexity index is 445. The molecule has 0 atom stereocenters. The van der Waals surface area contributed by atoms with Gasteiger partial charge in [0.2, 0.25) is 17.8 Å². The minimum absolute atomic E-state index is 0.293. The van der Waals surface area contributed by atoms with Crippen LogP contribution in [0.2, 0.25) is 0 Å². The van der Waals surface area contributed by atoms with Gasteiger partial charge >= 0.3 is 0 Å². The van der Waals surface area contributed by atoms with Crippen LogP contribution in [-0.2, 0) is 0 Å². The molecule has 0 amide bonds. The van der Waals surface area contributed by atoms with Gasteiger partial charge in [0.25, 0.3) is 0 Å². The van der Waals surface area contributed by atoms with Crippen LogP contribution in [0.1, 0.15) is 32.1 Å². The normalized spacial score (nSPS) is 17.6. The number of nitrogens with one attached hydrogen (secondary N) is 2. The molecule has 0 aromatic carbocycles. The molecule has 20 heavy (non-hydrogen) atoms. The summed E-state index contributed by atoms with van der Waals surface area (Å²) in [5.74, 6) is 6.57. The monoisotopic (exact) mass is 281 g/mol. The predicted molar refractivity (Wildman–Crippen MR) is 78.5 cm³/mol. The number of nitrogens with zero attached hydrogens (tertiary/aromatic N) is 4. The molecule has 1 heterocycles. The second-order valence-electron chi connectivity index (χ2n) is 5.46. The number of aromatic nitrogens is 3. The lowest BCUT2D eigenvalue weighted by molar-refractivity contribution is 0.0166. The zero-order valence-corrected chi connectivity index (χ0v) is 12.1. The van der Waals surface area contributed by atoms with Gasteiger partial charge in [-0.15, -0.1) is 0 Å². The molecule has 2 rings (SSSR count). The maximum atomic E-state index is 10.5. The topological polar surface area (TPSA) is 112 Å². The summed E-state index contributed by atoms with van der Waals surface area (Å²) >= 11 is 0. The number of rotatable bonds is 5. The third kappa shape index (κ3) is 3.67. The molecule has 1 aromatic rings. The van der Waals surface area contributed by atoms with Crippen molar-refractivity contribution in [2.45, 2.75) is 37.7 Å². The van der Waals surface area contributed by atoms with Crippen LogP contribution < -0.4 is 21.5 Å². The largest absolute Gasteiger partial charge is 0.388 e. The number of nitrogen functional groups attached to an aromatic ring is 1. The van der Waals surface area contributed by atoms with Crippen LogP contribution >= 0.6 is 0 Å². The first-order chi connectivity index (χ1) is 9.52. The Labute approximate surface area is 118 Å². The van der Waals surface area contributed by atoms with E-state index in [0.717, 1.165) is 25.7 Å². The number of hydrogen-bond acceptors (Lipinski definition) is 8. The van der Waals surface area contributed by atoms with Crippen molar-refractivity contribution in [2.75, 3.05) is 36.3 Å². The van der Waals surface area contributed by atoms with Crippen LogP contribution in [0.3, 0.4) is 0 Å². The second kappa shape index (κ2) is 6.19. The highest BCUT2D eigenvalue weighted by Crippen LogP contribution is 2.28. The number of hydrogen-bond donors (Lipinski definition) is 4. The van der Waals surface area contributed by atoms with Crippen LogP contribution in [-0.4, -0.2) is 46.3 Å². The van der Waals surface area contributed by atoms with Gasteiger partial charge in [-0.3, -0.25) is 5.43 Å². The maximum Gasteiger partial charge on any atom is 0.243 e. The third-order valence-corrected chi connectivity index (χ3v) is 3.51. The lowest BCUT2D eigenvalue weighted by atomic mass is 9.85. The Kier molecular flexibility index (Phi) is 4.56. The fourth-order valence-electron chi connectivity index (χ4n) is 2.34. The van der Waals surface area contributed by atoms with Gasteiger partial charge in [0.05, 0.1) is 5.60 Å². The molecule has 5 N–H and O–H groups in total. The Morgan fingerprint density at radius 1 is 1.15 bits per heavy atom. The van der Waals surface area contributed by atoms with Gasteiger partial charge in [-0.05, 0) is 12.8 Å². The van der Waals surface area contributed by atoms with E-state index in [1.54, 1.807) is 4.90 Å². The van der Waals surface area contributed by atoms with Crippen molar-refractivity contribution in [3.8, 4) is 0 Å². The SMILES string of the molecule is CN(C)c1nc(NN)nc(NCC2(O)CCCCC2)n1. The first kappa shape index (κ1) is 14.7. The summed E-state index contributed by atoms with van der Waals surface area (Å²) in [6.07, 6.45) is 4.95. The van der Waals surface area contributed by atoms with E-state index in [9.17, 15) is 5.11 Å². The van der Waals surface area contributed by atoms with Crippen LogP contribution in [0, 0.1) is 0 Å². The van der Waals surface area contributed by atoms with Gasteiger partial charge in [0.1, 0.15) is 0 Å². The first-order valence-corrected chi connectivity index (χ1v) is 6.89. The molecule has 0 bridgehead atoms. The van der Waals surface area contributed by atoms with E-state index in [-0.39, 0.29) is 0 Å². The van der Waals surface area contributed by atoms with E-state index >= 15 is 0 Å². The number of aliphatic hydroxyl groups is 1. The number of anilines is 3. The van der Waals surface area contributed by atoms with Crippen molar-refractivity contribution in [3.05, 3.63) is 0 Å². The van der Waals surface area contributed by atoms with Crippen LogP contribution in [0.4, 0.5) is 17.8 Å². The van der Waals surface area contributed by atoms with Gasteiger partial charge in [0, 0.05) is 20.6 Å². The molecule has 1 fully saturated rings. The molecule has 0 aliphatic heterocycles. The lowest BCUT2D eigenvalue weighted by Gasteiger charge is -2.32. The second-order valence-corrected chi connectivity index (χ2v) is 5.46. The lowest BCUT2D eigenvalue weighted by Crippen LogP contribution is -2.39. The Balaban J connectivity index is 2.06. The Hall–Kier alpha value is -1.67. The molecule has 0 radical (unpaired) electrons. The van der Waals surface area contributed by atoms with Crippen molar-refractivity contribution in [3.63, 3.8) is 0 Å². The van der Waals surface area contributed by atoms with Crippen LogP contribution in [0.25, 0.3) is 0 Å². The Morgan fingerprint density at radius 2 is 1.80 bits per heavy atom. The highest BCUT2D eigenvalue weighted by Gasteiger charge is 2.29. The molecule has 1 saturated carbocycles. The van der Waals surface area contributed by atoms with Gasteiger partial charge < -0.3 is 15.3 Å². The molecule has 1 aliphatic carbocycles. The molecule has 0 spiro atoms. The first-order valence-electron chi connectivity index (χ1n) is 6.89. The molecular weight excluding hydrogens is 258 g/mol. The molecule has 0 saturated heterocycles. The highest BCUT2D eigenvalue weighted by molar-refractivity contribution is 5.42. The van der Waals surface area contributed by atoms with Crippen molar-refractivity contribution < 1.29 is 5.11 Å². The van der Waals surface area contributed by atoms with E-state index in [1.165, 1.54) is 6.42 Å². The minimum Gasteiger partial charge on any atom is -0.388 e. The summed E-state index contributed by atoms with van der Waals surface area (Å²) < 4.78 is 0. The average molecular weight is 281 g/mol. The summed E-state index contributed by atoms with van der Waals surface area (Å²) in [5.41, 5.74) is 1.75. The molecule has 112 valence electrons. The minimum atomic E-state index is -0.667. The molecule has 8 nitrogen and oxygen atoms in total. The molecule has 0 unspecified atom stereocenters. The molecule has 1 aliphatic rings. The predicted octanol–water partition coefficient (Wildman–Crippen LogP) is 0.330. The summed E-state index contributed by atoms with van der Waals surface area (Å²) in [4.78, 5) is 14.3. The number of hydrazine groups is 1. The maximum absolute atomic E-state index is 10.5. The summed E-state index contributed by atoms with van der Waals surface area (Å²) in [7, 11) is 3.68. The number of nitrogens with two attached hydrogens (primary N) is 1. The zero-order valence-electron chi connectivity index (χ0n) is 12.1.